The standard InChI is InChI=1S/C20H22N2O5/c23-18-5-6-19(24)22(18)15-9-13-2-3-14(10-15)21(13)20(25)8-12-1-4-16-17(7-12)27-11-26-16/h1,4,7,13-15H,2-3,5-6,8-11H2. The minimum absolute atomic E-state index is 0.0420. The van der Waals surface area contributed by atoms with E-state index in [1.54, 1.807) is 0 Å². The molecule has 4 aliphatic heterocycles. The van der Waals surface area contributed by atoms with Crippen molar-refractivity contribution in [3.05, 3.63) is 23.8 Å². The van der Waals surface area contributed by atoms with Crippen molar-refractivity contribution in [2.24, 2.45) is 0 Å². The second-order valence-electron chi connectivity index (χ2n) is 7.83. The highest BCUT2D eigenvalue weighted by Crippen LogP contribution is 2.39. The monoisotopic (exact) mass is 370 g/mol. The van der Waals surface area contributed by atoms with Crippen LogP contribution in [0.3, 0.4) is 0 Å². The first kappa shape index (κ1) is 16.6. The fourth-order valence-electron chi connectivity index (χ4n) is 5.08. The summed E-state index contributed by atoms with van der Waals surface area (Å²) < 4.78 is 10.7. The van der Waals surface area contributed by atoms with Crippen LogP contribution in [0.2, 0.25) is 0 Å². The number of amides is 3. The molecule has 27 heavy (non-hydrogen) atoms. The molecule has 3 amide bonds. The van der Waals surface area contributed by atoms with Gasteiger partial charge in [0, 0.05) is 31.0 Å². The summed E-state index contributed by atoms with van der Waals surface area (Å²) in [5.74, 6) is 1.41. The Morgan fingerprint density at radius 1 is 0.963 bits per heavy atom. The van der Waals surface area contributed by atoms with Crippen LogP contribution in [-0.2, 0) is 20.8 Å². The van der Waals surface area contributed by atoms with Crippen molar-refractivity contribution in [2.45, 2.75) is 63.1 Å². The average molecular weight is 370 g/mol. The van der Waals surface area contributed by atoms with Crippen LogP contribution >= 0.6 is 0 Å². The molecule has 2 bridgehead atoms. The Bertz CT molecular complexity index is 793. The molecule has 1 aromatic rings. The number of carbonyl (C=O) groups excluding carboxylic acids is 3. The lowest BCUT2D eigenvalue weighted by atomic mass is 9.95. The van der Waals surface area contributed by atoms with Gasteiger partial charge in [-0.3, -0.25) is 19.3 Å². The van der Waals surface area contributed by atoms with Crippen molar-refractivity contribution < 1.29 is 23.9 Å². The molecule has 0 aliphatic carbocycles. The Labute approximate surface area is 157 Å². The van der Waals surface area contributed by atoms with Gasteiger partial charge in [-0.05, 0) is 43.4 Å². The van der Waals surface area contributed by atoms with E-state index in [0.29, 0.717) is 43.6 Å². The van der Waals surface area contributed by atoms with Crippen LogP contribution in [0.15, 0.2) is 18.2 Å². The third kappa shape index (κ3) is 2.76. The summed E-state index contributed by atoms with van der Waals surface area (Å²) in [5.41, 5.74) is 0.913. The summed E-state index contributed by atoms with van der Waals surface area (Å²) in [6.45, 7) is 0.221. The molecule has 0 aromatic heterocycles. The molecule has 7 heteroatoms. The number of ether oxygens (including phenoxy) is 2. The summed E-state index contributed by atoms with van der Waals surface area (Å²) in [7, 11) is 0. The summed E-state index contributed by atoms with van der Waals surface area (Å²) >= 11 is 0. The van der Waals surface area contributed by atoms with Crippen LogP contribution in [0.4, 0.5) is 0 Å². The van der Waals surface area contributed by atoms with Crippen molar-refractivity contribution >= 4 is 17.7 Å². The molecule has 2 atom stereocenters. The molecule has 0 radical (unpaired) electrons. The van der Waals surface area contributed by atoms with Crippen LogP contribution in [0, 0.1) is 0 Å². The fraction of sp³-hybridized carbons (Fsp3) is 0.550. The Kier molecular flexibility index (Phi) is 3.84. The molecule has 0 saturated carbocycles. The molecule has 3 saturated heterocycles. The van der Waals surface area contributed by atoms with Gasteiger partial charge >= 0.3 is 0 Å². The lowest BCUT2D eigenvalue weighted by molar-refractivity contribution is -0.144. The number of fused-ring (bicyclic) bond motifs is 3. The highest BCUT2D eigenvalue weighted by molar-refractivity contribution is 6.02. The maximum Gasteiger partial charge on any atom is 0.231 e. The molecule has 4 aliphatic rings. The van der Waals surface area contributed by atoms with Crippen molar-refractivity contribution in [3.63, 3.8) is 0 Å². The number of benzene rings is 1. The van der Waals surface area contributed by atoms with Crippen LogP contribution in [-0.4, -0.2) is 52.4 Å². The smallest absolute Gasteiger partial charge is 0.231 e. The van der Waals surface area contributed by atoms with Gasteiger partial charge in [-0.2, -0.15) is 0 Å². The SMILES string of the molecule is O=C1CCC(=O)N1C1CC2CCC(C1)N2C(=O)Cc1ccc2c(c1)OCO2. The van der Waals surface area contributed by atoms with Crippen LogP contribution in [0.25, 0.3) is 0 Å². The Morgan fingerprint density at radius 3 is 2.33 bits per heavy atom. The van der Waals surface area contributed by atoms with Crippen molar-refractivity contribution in [3.8, 4) is 11.5 Å². The molecule has 2 unspecified atom stereocenters. The number of nitrogens with zero attached hydrogens (tertiary/aromatic N) is 2. The minimum atomic E-state index is -0.0514. The van der Waals surface area contributed by atoms with E-state index in [1.165, 1.54) is 4.90 Å². The second-order valence-corrected chi connectivity index (χ2v) is 7.83. The summed E-state index contributed by atoms with van der Waals surface area (Å²) in [5, 5.41) is 0. The molecule has 0 N–H and O–H groups in total. The van der Waals surface area contributed by atoms with Crippen LogP contribution in [0.1, 0.15) is 44.1 Å². The number of imide groups is 1. The van der Waals surface area contributed by atoms with E-state index in [4.69, 9.17) is 9.47 Å². The molecule has 5 rings (SSSR count). The third-order valence-electron chi connectivity index (χ3n) is 6.24. The van der Waals surface area contributed by atoms with Gasteiger partial charge in [0.1, 0.15) is 0 Å². The predicted molar refractivity (Wildman–Crippen MR) is 94.0 cm³/mol. The highest BCUT2D eigenvalue weighted by Gasteiger charge is 2.47. The molecule has 0 spiro atoms. The van der Waals surface area contributed by atoms with Crippen molar-refractivity contribution in [2.75, 3.05) is 6.79 Å². The van der Waals surface area contributed by atoms with E-state index in [2.05, 4.69) is 0 Å². The van der Waals surface area contributed by atoms with Gasteiger partial charge in [-0.15, -0.1) is 0 Å². The number of rotatable bonds is 3. The van der Waals surface area contributed by atoms with Gasteiger partial charge < -0.3 is 14.4 Å². The van der Waals surface area contributed by atoms with E-state index in [-0.39, 0.29) is 42.6 Å². The zero-order chi connectivity index (χ0) is 18.5. The molecular weight excluding hydrogens is 348 g/mol. The number of carbonyl (C=O) groups is 3. The van der Waals surface area contributed by atoms with Gasteiger partial charge in [0.2, 0.25) is 24.5 Å². The number of hydrogen-bond donors (Lipinski definition) is 0. The van der Waals surface area contributed by atoms with E-state index < -0.39 is 0 Å². The molecule has 7 nitrogen and oxygen atoms in total. The predicted octanol–water partition coefficient (Wildman–Crippen LogP) is 1.63. The first-order valence-corrected chi connectivity index (χ1v) is 9.65. The first-order chi connectivity index (χ1) is 13.1. The Morgan fingerprint density at radius 2 is 1.63 bits per heavy atom. The van der Waals surface area contributed by atoms with Gasteiger partial charge in [0.25, 0.3) is 0 Å². The molecular formula is C20H22N2O5. The number of piperidine rings is 1. The van der Waals surface area contributed by atoms with E-state index >= 15 is 0 Å². The summed E-state index contributed by atoms with van der Waals surface area (Å²) in [6.07, 6.45) is 4.31. The minimum Gasteiger partial charge on any atom is -0.454 e. The molecule has 3 fully saturated rings. The Hall–Kier alpha value is -2.57. The van der Waals surface area contributed by atoms with Gasteiger partial charge in [-0.25, -0.2) is 0 Å². The van der Waals surface area contributed by atoms with Crippen molar-refractivity contribution in [1.82, 2.24) is 9.80 Å². The summed E-state index contributed by atoms with van der Waals surface area (Å²) in [4.78, 5) is 40.6. The Balaban J connectivity index is 1.28. The fourth-order valence-corrected chi connectivity index (χ4v) is 5.08. The van der Waals surface area contributed by atoms with E-state index in [9.17, 15) is 14.4 Å². The highest BCUT2D eigenvalue weighted by atomic mass is 16.7. The zero-order valence-electron chi connectivity index (χ0n) is 15.1. The van der Waals surface area contributed by atoms with Gasteiger partial charge in [0.15, 0.2) is 11.5 Å². The average Bonchev–Trinajstić information content (AvgIpc) is 3.31. The molecule has 1 aromatic carbocycles. The normalized spacial score (nSPS) is 29.0. The first-order valence-electron chi connectivity index (χ1n) is 9.65. The third-order valence-corrected chi connectivity index (χ3v) is 6.24. The largest absolute Gasteiger partial charge is 0.454 e. The maximum absolute atomic E-state index is 13.0. The maximum atomic E-state index is 13.0. The summed E-state index contributed by atoms with van der Waals surface area (Å²) in [6, 6.07) is 5.82. The quantitative estimate of drug-likeness (QED) is 0.756. The van der Waals surface area contributed by atoms with E-state index in [0.717, 1.165) is 18.4 Å². The molecule has 4 heterocycles. The van der Waals surface area contributed by atoms with E-state index in [1.807, 2.05) is 23.1 Å². The number of likely N-dealkylation sites (tertiary alicyclic amines) is 1. The van der Waals surface area contributed by atoms with Gasteiger partial charge in [0.05, 0.1) is 6.42 Å². The second kappa shape index (κ2) is 6.25. The van der Waals surface area contributed by atoms with Crippen molar-refractivity contribution in [1.29, 1.82) is 0 Å². The zero-order valence-corrected chi connectivity index (χ0v) is 15.1. The number of hydrogen-bond acceptors (Lipinski definition) is 5. The topological polar surface area (TPSA) is 76.2 Å². The van der Waals surface area contributed by atoms with Crippen LogP contribution in [0.5, 0.6) is 11.5 Å². The van der Waals surface area contributed by atoms with Gasteiger partial charge in [-0.1, -0.05) is 6.07 Å². The lowest BCUT2D eigenvalue weighted by Gasteiger charge is -2.41. The lowest BCUT2D eigenvalue weighted by Crippen LogP contribution is -2.54. The van der Waals surface area contributed by atoms with Crippen LogP contribution < -0.4 is 9.47 Å². The molecule has 142 valence electrons.